The highest BCUT2D eigenvalue weighted by atomic mass is 16.3. The van der Waals surface area contributed by atoms with Crippen LogP contribution in [-0.2, 0) is 0 Å². The van der Waals surface area contributed by atoms with E-state index in [1.54, 1.807) is 30.3 Å². The van der Waals surface area contributed by atoms with Crippen molar-refractivity contribution in [3.63, 3.8) is 0 Å². The fraction of sp³-hybridized carbons (Fsp3) is 0. The second kappa shape index (κ2) is 3.96. The number of phenols is 1. The maximum absolute atomic E-state index is 11.8. The van der Waals surface area contributed by atoms with Crippen LogP contribution in [0.3, 0.4) is 0 Å². The zero-order valence-electron chi connectivity index (χ0n) is 7.97. The first-order valence-corrected chi connectivity index (χ1v) is 4.58. The molecule has 2 nitrogen and oxygen atoms in total. The van der Waals surface area contributed by atoms with Crippen molar-refractivity contribution in [3.8, 4) is 5.75 Å². The molecule has 1 radical (unpaired) electrons. The van der Waals surface area contributed by atoms with Gasteiger partial charge in [0.2, 0.25) is 0 Å². The summed E-state index contributed by atoms with van der Waals surface area (Å²) in [6, 6.07) is 16.1. The molecule has 0 unspecified atom stereocenters. The van der Waals surface area contributed by atoms with E-state index in [-0.39, 0.29) is 11.5 Å². The third-order valence-corrected chi connectivity index (χ3v) is 2.08. The predicted octanol–water partition coefficient (Wildman–Crippen LogP) is 2.42. The Labute approximate surface area is 87.8 Å². The number of phenolic OH excluding ortho intramolecular Hbond substituents is 1. The number of rotatable bonds is 2. The van der Waals surface area contributed by atoms with Crippen molar-refractivity contribution in [2.75, 3.05) is 0 Å². The van der Waals surface area contributed by atoms with Crippen molar-refractivity contribution in [1.82, 2.24) is 0 Å². The van der Waals surface area contributed by atoms with E-state index < -0.39 is 0 Å². The van der Waals surface area contributed by atoms with Crippen LogP contribution in [0, 0.1) is 6.07 Å². The Morgan fingerprint density at radius 3 is 2.40 bits per heavy atom. The highest BCUT2D eigenvalue weighted by molar-refractivity contribution is 6.08. The van der Waals surface area contributed by atoms with Crippen LogP contribution in [-0.4, -0.2) is 10.9 Å². The highest BCUT2D eigenvalue weighted by Gasteiger charge is 2.07. The molecule has 0 aliphatic rings. The van der Waals surface area contributed by atoms with Crippen molar-refractivity contribution in [2.24, 2.45) is 0 Å². The molecule has 0 aromatic heterocycles. The molecule has 0 spiro atoms. The zero-order valence-corrected chi connectivity index (χ0v) is 7.97. The van der Waals surface area contributed by atoms with E-state index in [9.17, 15) is 4.79 Å². The van der Waals surface area contributed by atoms with Crippen molar-refractivity contribution in [1.29, 1.82) is 0 Å². The monoisotopic (exact) mass is 197 g/mol. The Hall–Kier alpha value is -2.09. The molecule has 15 heavy (non-hydrogen) atoms. The van der Waals surface area contributed by atoms with E-state index in [1.807, 2.05) is 6.07 Å². The molecule has 2 heteroatoms. The number of carbonyl (C=O) groups is 1. The van der Waals surface area contributed by atoms with Crippen molar-refractivity contribution in [3.05, 3.63) is 65.7 Å². The minimum Gasteiger partial charge on any atom is -0.508 e. The van der Waals surface area contributed by atoms with Gasteiger partial charge in [0, 0.05) is 11.1 Å². The Morgan fingerprint density at radius 1 is 1.07 bits per heavy atom. The summed E-state index contributed by atoms with van der Waals surface area (Å²) < 4.78 is 0. The van der Waals surface area contributed by atoms with Crippen LogP contribution in [0.2, 0.25) is 0 Å². The lowest BCUT2D eigenvalue weighted by Gasteiger charge is -2.00. The number of benzene rings is 2. The molecule has 2 aromatic rings. The molecule has 0 fully saturated rings. The van der Waals surface area contributed by atoms with Crippen LogP contribution in [0.1, 0.15) is 15.9 Å². The summed E-state index contributed by atoms with van der Waals surface area (Å²) >= 11 is 0. The van der Waals surface area contributed by atoms with Crippen LogP contribution in [0.15, 0.2) is 48.5 Å². The van der Waals surface area contributed by atoms with E-state index in [2.05, 4.69) is 6.07 Å². The average molecular weight is 197 g/mol. The third kappa shape index (κ3) is 2.05. The van der Waals surface area contributed by atoms with Gasteiger partial charge in [0.1, 0.15) is 5.75 Å². The fourth-order valence-corrected chi connectivity index (χ4v) is 1.30. The van der Waals surface area contributed by atoms with E-state index in [1.165, 1.54) is 12.1 Å². The maximum atomic E-state index is 11.8. The van der Waals surface area contributed by atoms with Gasteiger partial charge in [-0.15, -0.1) is 0 Å². The molecule has 2 aromatic carbocycles. The normalized spacial score (nSPS) is 9.87. The summed E-state index contributed by atoms with van der Waals surface area (Å²) in [4.78, 5) is 11.8. The number of hydrogen-bond acceptors (Lipinski definition) is 2. The van der Waals surface area contributed by atoms with Crippen molar-refractivity contribution < 1.29 is 9.90 Å². The van der Waals surface area contributed by atoms with Crippen LogP contribution < -0.4 is 0 Å². The summed E-state index contributed by atoms with van der Waals surface area (Å²) in [7, 11) is 0. The lowest BCUT2D eigenvalue weighted by molar-refractivity contribution is 0.103. The molecule has 2 rings (SSSR count). The number of ketones is 1. The van der Waals surface area contributed by atoms with Crippen LogP contribution >= 0.6 is 0 Å². The highest BCUT2D eigenvalue weighted by Crippen LogP contribution is 2.13. The van der Waals surface area contributed by atoms with Gasteiger partial charge in [-0.25, -0.2) is 0 Å². The first-order chi connectivity index (χ1) is 7.27. The fourth-order valence-electron chi connectivity index (χ4n) is 1.30. The van der Waals surface area contributed by atoms with E-state index in [4.69, 9.17) is 5.11 Å². The average Bonchev–Trinajstić information content (AvgIpc) is 2.30. The van der Waals surface area contributed by atoms with Gasteiger partial charge in [-0.3, -0.25) is 4.79 Å². The molecule has 0 amide bonds. The summed E-state index contributed by atoms with van der Waals surface area (Å²) in [5.41, 5.74) is 1.08. The summed E-state index contributed by atoms with van der Waals surface area (Å²) in [6.45, 7) is 0. The number of hydrogen-bond donors (Lipinski definition) is 1. The molecule has 73 valence electrons. The smallest absolute Gasteiger partial charge is 0.193 e. The van der Waals surface area contributed by atoms with Gasteiger partial charge >= 0.3 is 0 Å². The standard InChI is InChI=1S/C13H9O2/c14-12-8-6-11(7-9-12)13(15)10-4-2-1-3-5-10/h1-4,6-9,14H. The topological polar surface area (TPSA) is 37.3 Å². The van der Waals surface area contributed by atoms with Crippen LogP contribution in [0.5, 0.6) is 5.75 Å². The molecule has 0 aliphatic heterocycles. The van der Waals surface area contributed by atoms with Crippen molar-refractivity contribution >= 4 is 5.78 Å². The van der Waals surface area contributed by atoms with Gasteiger partial charge in [-0.1, -0.05) is 24.3 Å². The quantitative estimate of drug-likeness (QED) is 0.751. The summed E-state index contributed by atoms with van der Waals surface area (Å²) in [6.07, 6.45) is 0. The zero-order chi connectivity index (χ0) is 10.7. The van der Waals surface area contributed by atoms with Gasteiger partial charge in [-0.05, 0) is 30.3 Å². The Morgan fingerprint density at radius 2 is 1.80 bits per heavy atom. The van der Waals surface area contributed by atoms with Gasteiger partial charge in [0.05, 0.1) is 0 Å². The Bertz CT molecular complexity index is 458. The molecule has 0 aliphatic carbocycles. The number of carbonyl (C=O) groups excluding carboxylic acids is 1. The third-order valence-electron chi connectivity index (χ3n) is 2.08. The predicted molar refractivity (Wildman–Crippen MR) is 56.8 cm³/mol. The van der Waals surface area contributed by atoms with Gasteiger partial charge in [0.15, 0.2) is 5.78 Å². The largest absolute Gasteiger partial charge is 0.508 e. The van der Waals surface area contributed by atoms with Gasteiger partial charge in [0.25, 0.3) is 0 Å². The van der Waals surface area contributed by atoms with Gasteiger partial charge < -0.3 is 5.11 Å². The molecular formula is C13H9O2. The SMILES string of the molecule is O=C(c1[c]cccc1)c1ccc(O)cc1. The molecule has 0 saturated carbocycles. The lowest BCUT2D eigenvalue weighted by Crippen LogP contribution is -2.00. The molecule has 0 bridgehead atoms. The van der Waals surface area contributed by atoms with Crippen molar-refractivity contribution in [2.45, 2.75) is 0 Å². The van der Waals surface area contributed by atoms with E-state index in [0.717, 1.165) is 0 Å². The summed E-state index contributed by atoms with van der Waals surface area (Å²) in [5.74, 6) is 0.0687. The van der Waals surface area contributed by atoms with E-state index in [0.29, 0.717) is 11.1 Å². The number of aromatic hydroxyl groups is 1. The minimum absolute atomic E-state index is 0.0874. The lowest BCUT2D eigenvalue weighted by atomic mass is 10.0. The van der Waals surface area contributed by atoms with Crippen LogP contribution in [0.4, 0.5) is 0 Å². The first kappa shape index (κ1) is 9.46. The second-order valence-corrected chi connectivity index (χ2v) is 3.15. The van der Waals surface area contributed by atoms with E-state index >= 15 is 0 Å². The molecule has 0 atom stereocenters. The molecule has 0 saturated heterocycles. The summed E-state index contributed by atoms with van der Waals surface area (Å²) in [5, 5.41) is 9.09. The molecular weight excluding hydrogens is 188 g/mol. The second-order valence-electron chi connectivity index (χ2n) is 3.15. The molecule has 0 heterocycles. The maximum Gasteiger partial charge on any atom is 0.193 e. The van der Waals surface area contributed by atoms with Gasteiger partial charge in [-0.2, -0.15) is 0 Å². The van der Waals surface area contributed by atoms with Crippen LogP contribution in [0.25, 0.3) is 0 Å². The Kier molecular flexibility index (Phi) is 2.50. The first-order valence-electron chi connectivity index (χ1n) is 4.58. The molecule has 1 N–H and O–H groups in total. The Balaban J connectivity index is 2.33. The minimum atomic E-state index is -0.0874.